The topological polar surface area (TPSA) is 64.1 Å². The number of hydrogen-bond acceptors (Lipinski definition) is 7. The standard InChI is InChI=1S/C22H23F2N3O4S/c1-29-17-5-6-18(30-2)20-19(17)25-22(32-20)27(8-7-26-9-11-31-12-10-26)21(28)15-4-3-14(23)13-16(15)24/h3-6,13H,7-12H2,1-2H3. The van der Waals surface area contributed by atoms with Crippen LogP contribution in [0.2, 0.25) is 0 Å². The minimum absolute atomic E-state index is 0.216. The molecule has 1 aliphatic rings. The second kappa shape index (κ2) is 9.76. The van der Waals surface area contributed by atoms with E-state index >= 15 is 0 Å². The summed E-state index contributed by atoms with van der Waals surface area (Å²) in [6, 6.07) is 6.44. The van der Waals surface area contributed by atoms with Gasteiger partial charge in [0.2, 0.25) is 0 Å². The number of methoxy groups -OCH3 is 2. The minimum Gasteiger partial charge on any atom is -0.495 e. The van der Waals surface area contributed by atoms with Gasteiger partial charge in [0.05, 0.1) is 33.0 Å². The van der Waals surface area contributed by atoms with Crippen LogP contribution in [-0.4, -0.2) is 69.4 Å². The van der Waals surface area contributed by atoms with Gasteiger partial charge in [0.1, 0.15) is 33.4 Å². The second-order valence-corrected chi connectivity index (χ2v) is 8.16. The van der Waals surface area contributed by atoms with Gasteiger partial charge in [0, 0.05) is 32.2 Å². The molecule has 3 aromatic rings. The first-order valence-electron chi connectivity index (χ1n) is 10.1. The van der Waals surface area contributed by atoms with Crippen LogP contribution in [0.1, 0.15) is 10.4 Å². The van der Waals surface area contributed by atoms with Crippen molar-refractivity contribution in [1.29, 1.82) is 0 Å². The normalized spacial score (nSPS) is 14.5. The van der Waals surface area contributed by atoms with Crippen LogP contribution in [0.4, 0.5) is 13.9 Å². The summed E-state index contributed by atoms with van der Waals surface area (Å²) in [5.74, 6) is -1.11. The monoisotopic (exact) mass is 463 g/mol. The van der Waals surface area contributed by atoms with E-state index in [1.165, 1.54) is 23.3 Å². The number of thiazole rings is 1. The largest absolute Gasteiger partial charge is 0.495 e. The van der Waals surface area contributed by atoms with E-state index in [9.17, 15) is 13.6 Å². The Morgan fingerprint density at radius 3 is 2.56 bits per heavy atom. The van der Waals surface area contributed by atoms with Crippen molar-refractivity contribution in [3.63, 3.8) is 0 Å². The fraction of sp³-hybridized carbons (Fsp3) is 0.364. The Morgan fingerprint density at radius 2 is 1.88 bits per heavy atom. The predicted molar refractivity (Wildman–Crippen MR) is 118 cm³/mol. The first-order chi connectivity index (χ1) is 15.5. The molecule has 0 unspecified atom stereocenters. The smallest absolute Gasteiger partial charge is 0.263 e. The Balaban J connectivity index is 1.73. The molecule has 7 nitrogen and oxygen atoms in total. The van der Waals surface area contributed by atoms with E-state index in [1.807, 2.05) is 0 Å². The van der Waals surface area contributed by atoms with Gasteiger partial charge in [0.25, 0.3) is 5.91 Å². The third kappa shape index (κ3) is 4.52. The molecule has 0 spiro atoms. The summed E-state index contributed by atoms with van der Waals surface area (Å²) in [6.45, 7) is 3.57. The van der Waals surface area contributed by atoms with Crippen molar-refractivity contribution in [3.8, 4) is 11.5 Å². The van der Waals surface area contributed by atoms with E-state index in [4.69, 9.17) is 14.2 Å². The zero-order valence-corrected chi connectivity index (χ0v) is 18.6. The van der Waals surface area contributed by atoms with Crippen LogP contribution in [0.3, 0.4) is 0 Å². The number of hydrogen-bond donors (Lipinski definition) is 0. The number of rotatable bonds is 7. The van der Waals surface area contributed by atoms with Gasteiger partial charge in [-0.25, -0.2) is 13.8 Å². The first kappa shape index (κ1) is 22.4. The van der Waals surface area contributed by atoms with Gasteiger partial charge < -0.3 is 14.2 Å². The highest BCUT2D eigenvalue weighted by molar-refractivity contribution is 7.22. The summed E-state index contributed by atoms with van der Waals surface area (Å²) in [4.78, 5) is 21.6. The first-order valence-corrected chi connectivity index (χ1v) is 10.9. The predicted octanol–water partition coefficient (Wildman–Crippen LogP) is 3.57. The van der Waals surface area contributed by atoms with Crippen molar-refractivity contribution >= 4 is 32.6 Å². The van der Waals surface area contributed by atoms with E-state index in [-0.39, 0.29) is 12.1 Å². The fourth-order valence-electron chi connectivity index (χ4n) is 3.55. The van der Waals surface area contributed by atoms with Crippen molar-refractivity contribution in [1.82, 2.24) is 9.88 Å². The van der Waals surface area contributed by atoms with Crippen LogP contribution in [-0.2, 0) is 4.74 Å². The van der Waals surface area contributed by atoms with Gasteiger partial charge in [-0.2, -0.15) is 0 Å². The molecule has 0 radical (unpaired) electrons. The molecule has 2 aromatic carbocycles. The summed E-state index contributed by atoms with van der Waals surface area (Å²) >= 11 is 1.25. The molecule has 10 heteroatoms. The van der Waals surface area contributed by atoms with Gasteiger partial charge in [-0.1, -0.05) is 11.3 Å². The molecule has 1 saturated heterocycles. The van der Waals surface area contributed by atoms with Gasteiger partial charge in [-0.15, -0.1) is 0 Å². The third-order valence-corrected chi connectivity index (χ3v) is 6.37. The number of aromatic nitrogens is 1. The number of benzene rings is 2. The summed E-state index contributed by atoms with van der Waals surface area (Å²) in [5.41, 5.74) is 0.335. The molecule has 0 saturated carbocycles. The number of ether oxygens (including phenoxy) is 3. The highest BCUT2D eigenvalue weighted by Gasteiger charge is 2.26. The lowest BCUT2D eigenvalue weighted by atomic mass is 10.2. The fourth-order valence-corrected chi connectivity index (χ4v) is 4.65. The molecular formula is C22H23F2N3O4S. The van der Waals surface area contributed by atoms with Gasteiger partial charge in [0.15, 0.2) is 5.13 Å². The lowest BCUT2D eigenvalue weighted by Crippen LogP contribution is -2.43. The zero-order chi connectivity index (χ0) is 22.7. The van der Waals surface area contributed by atoms with E-state index in [1.54, 1.807) is 19.2 Å². The minimum atomic E-state index is -0.914. The van der Waals surface area contributed by atoms with E-state index in [0.29, 0.717) is 52.7 Å². The molecule has 1 aromatic heterocycles. The van der Waals surface area contributed by atoms with E-state index < -0.39 is 17.5 Å². The molecule has 2 heterocycles. The Morgan fingerprint density at radius 1 is 1.16 bits per heavy atom. The average molecular weight is 464 g/mol. The molecule has 4 rings (SSSR count). The maximum absolute atomic E-state index is 14.4. The van der Waals surface area contributed by atoms with Crippen LogP contribution < -0.4 is 14.4 Å². The molecule has 0 bridgehead atoms. The number of anilines is 1. The molecule has 0 N–H and O–H groups in total. The number of amides is 1. The van der Waals surface area contributed by atoms with Crippen LogP contribution >= 0.6 is 11.3 Å². The third-order valence-electron chi connectivity index (χ3n) is 5.28. The summed E-state index contributed by atoms with van der Waals surface area (Å²) in [6.07, 6.45) is 0. The van der Waals surface area contributed by atoms with Crippen LogP contribution in [0.15, 0.2) is 30.3 Å². The Bertz CT molecular complexity index is 1080. The number of morpholine rings is 1. The summed E-state index contributed by atoms with van der Waals surface area (Å²) in [7, 11) is 3.09. The molecule has 1 amide bonds. The molecule has 1 aliphatic heterocycles. The quantitative estimate of drug-likeness (QED) is 0.534. The summed E-state index contributed by atoms with van der Waals surface area (Å²) < 4.78 is 44.8. The molecule has 170 valence electrons. The number of carbonyl (C=O) groups is 1. The van der Waals surface area contributed by atoms with Gasteiger partial charge in [-0.05, 0) is 24.3 Å². The highest BCUT2D eigenvalue weighted by atomic mass is 32.1. The lowest BCUT2D eigenvalue weighted by Gasteiger charge is -2.29. The second-order valence-electron chi connectivity index (χ2n) is 7.18. The number of carbonyl (C=O) groups excluding carboxylic acids is 1. The lowest BCUT2D eigenvalue weighted by molar-refractivity contribution is 0.0391. The van der Waals surface area contributed by atoms with Crippen molar-refractivity contribution in [3.05, 3.63) is 47.5 Å². The van der Waals surface area contributed by atoms with E-state index in [0.717, 1.165) is 25.2 Å². The zero-order valence-electron chi connectivity index (χ0n) is 17.8. The van der Waals surface area contributed by atoms with Crippen LogP contribution in [0.5, 0.6) is 11.5 Å². The molecule has 0 atom stereocenters. The van der Waals surface area contributed by atoms with Gasteiger partial charge >= 0.3 is 0 Å². The number of nitrogens with zero attached hydrogens (tertiary/aromatic N) is 3. The average Bonchev–Trinajstić information content (AvgIpc) is 3.24. The van der Waals surface area contributed by atoms with Crippen molar-refractivity contribution < 1.29 is 27.8 Å². The molecular weight excluding hydrogens is 440 g/mol. The van der Waals surface area contributed by atoms with Gasteiger partial charge in [-0.3, -0.25) is 14.6 Å². The number of halogens is 2. The number of fused-ring (bicyclic) bond motifs is 1. The molecule has 32 heavy (non-hydrogen) atoms. The van der Waals surface area contributed by atoms with Crippen LogP contribution in [0, 0.1) is 11.6 Å². The van der Waals surface area contributed by atoms with Crippen LogP contribution in [0.25, 0.3) is 10.2 Å². The summed E-state index contributed by atoms with van der Waals surface area (Å²) in [5, 5.41) is 0.379. The van der Waals surface area contributed by atoms with Crippen molar-refractivity contribution in [2.45, 2.75) is 0 Å². The maximum atomic E-state index is 14.4. The SMILES string of the molecule is COc1ccc(OC)c2sc(N(CCN3CCOCC3)C(=O)c3ccc(F)cc3F)nc12. The Kier molecular flexibility index (Phi) is 6.83. The highest BCUT2D eigenvalue weighted by Crippen LogP contribution is 2.40. The Labute approximate surface area is 188 Å². The Hall–Kier alpha value is -2.82. The molecule has 1 fully saturated rings. The van der Waals surface area contributed by atoms with E-state index in [2.05, 4.69) is 9.88 Å². The molecule has 0 aliphatic carbocycles. The van der Waals surface area contributed by atoms with Crippen molar-refractivity contribution in [2.24, 2.45) is 0 Å². The van der Waals surface area contributed by atoms with Crippen molar-refractivity contribution in [2.75, 3.05) is 58.5 Å². The maximum Gasteiger partial charge on any atom is 0.263 e.